The Morgan fingerprint density at radius 2 is 1.75 bits per heavy atom. The van der Waals surface area contributed by atoms with E-state index in [9.17, 15) is 8.42 Å². The Kier molecular flexibility index (Phi) is 4.45. The van der Waals surface area contributed by atoms with Crippen LogP contribution in [0.5, 0.6) is 0 Å². The number of rotatable bonds is 5. The molecular formula is C16H21NO2S. The first-order chi connectivity index (χ1) is 9.43. The first-order valence-corrected chi connectivity index (χ1v) is 8.80. The minimum atomic E-state index is -3.09. The van der Waals surface area contributed by atoms with Gasteiger partial charge in [0, 0.05) is 12.3 Å². The molecule has 0 bridgehead atoms. The molecule has 0 fully saturated rings. The molecular weight excluding hydrogens is 270 g/mol. The highest BCUT2D eigenvalue weighted by molar-refractivity contribution is 7.91. The normalized spacial score (nSPS) is 15.2. The van der Waals surface area contributed by atoms with Gasteiger partial charge in [-0.2, -0.15) is 0 Å². The third-order valence-electron chi connectivity index (χ3n) is 3.70. The highest BCUT2D eigenvalue weighted by Crippen LogP contribution is 2.25. The van der Waals surface area contributed by atoms with Crippen LogP contribution in [0.4, 0.5) is 0 Å². The van der Waals surface area contributed by atoms with Crippen molar-refractivity contribution in [2.45, 2.75) is 25.1 Å². The van der Waals surface area contributed by atoms with Gasteiger partial charge in [0.2, 0.25) is 0 Å². The molecule has 2 atom stereocenters. The van der Waals surface area contributed by atoms with E-state index in [1.165, 1.54) is 11.6 Å². The zero-order chi connectivity index (χ0) is 14.8. The maximum Gasteiger partial charge on any atom is 0.151 e. The second-order valence-electron chi connectivity index (χ2n) is 5.18. The SMILES string of the molecule is CCNC(c1ccc2ccccc2c1)C(C)S(C)(=O)=O. The van der Waals surface area contributed by atoms with Crippen molar-refractivity contribution < 1.29 is 8.42 Å². The average Bonchev–Trinajstić information content (AvgIpc) is 2.42. The standard InChI is InChI=1S/C16H21NO2S/c1-4-17-16(12(2)20(3,18)19)15-10-9-13-7-5-6-8-14(13)11-15/h5-12,16-17H,4H2,1-3H3. The maximum atomic E-state index is 11.8. The Morgan fingerprint density at radius 1 is 1.10 bits per heavy atom. The third kappa shape index (κ3) is 3.19. The van der Waals surface area contributed by atoms with Crippen LogP contribution in [0.1, 0.15) is 25.5 Å². The van der Waals surface area contributed by atoms with Crippen LogP contribution in [0.15, 0.2) is 42.5 Å². The van der Waals surface area contributed by atoms with E-state index in [1.54, 1.807) is 6.92 Å². The largest absolute Gasteiger partial charge is 0.309 e. The summed E-state index contributed by atoms with van der Waals surface area (Å²) in [4.78, 5) is 0. The highest BCUT2D eigenvalue weighted by Gasteiger charge is 2.26. The number of fused-ring (bicyclic) bond motifs is 1. The van der Waals surface area contributed by atoms with E-state index in [1.807, 2.05) is 37.3 Å². The summed E-state index contributed by atoms with van der Waals surface area (Å²) in [5.74, 6) is 0. The third-order valence-corrected chi connectivity index (χ3v) is 5.32. The van der Waals surface area contributed by atoms with Gasteiger partial charge in [-0.15, -0.1) is 0 Å². The second-order valence-corrected chi connectivity index (χ2v) is 7.58. The number of hydrogen-bond acceptors (Lipinski definition) is 3. The van der Waals surface area contributed by atoms with E-state index in [4.69, 9.17) is 0 Å². The fourth-order valence-corrected chi connectivity index (χ4v) is 3.17. The minimum absolute atomic E-state index is 0.181. The van der Waals surface area contributed by atoms with Gasteiger partial charge in [0.25, 0.3) is 0 Å². The van der Waals surface area contributed by atoms with E-state index in [2.05, 4.69) is 17.4 Å². The molecule has 2 aromatic carbocycles. The Balaban J connectivity index is 2.46. The van der Waals surface area contributed by atoms with Crippen molar-refractivity contribution in [1.82, 2.24) is 5.32 Å². The predicted molar refractivity (Wildman–Crippen MR) is 84.7 cm³/mol. The molecule has 0 saturated carbocycles. The summed E-state index contributed by atoms with van der Waals surface area (Å²) >= 11 is 0. The molecule has 108 valence electrons. The summed E-state index contributed by atoms with van der Waals surface area (Å²) in [5.41, 5.74) is 1.02. The molecule has 2 rings (SSSR count). The Labute approximate surface area is 120 Å². The van der Waals surface area contributed by atoms with Gasteiger partial charge >= 0.3 is 0 Å². The van der Waals surface area contributed by atoms with Gasteiger partial charge in [0.15, 0.2) is 9.84 Å². The molecule has 0 radical (unpaired) electrons. The van der Waals surface area contributed by atoms with Crippen LogP contribution in [-0.2, 0) is 9.84 Å². The Morgan fingerprint density at radius 3 is 2.35 bits per heavy atom. The van der Waals surface area contributed by atoms with Gasteiger partial charge in [-0.05, 0) is 35.9 Å². The summed E-state index contributed by atoms with van der Waals surface area (Å²) < 4.78 is 23.7. The average molecular weight is 291 g/mol. The lowest BCUT2D eigenvalue weighted by atomic mass is 10.00. The molecule has 1 N–H and O–H groups in total. The zero-order valence-electron chi connectivity index (χ0n) is 12.1. The van der Waals surface area contributed by atoms with E-state index in [-0.39, 0.29) is 6.04 Å². The molecule has 0 spiro atoms. The van der Waals surface area contributed by atoms with Crippen LogP contribution in [0.25, 0.3) is 10.8 Å². The van der Waals surface area contributed by atoms with Crippen LogP contribution in [0.2, 0.25) is 0 Å². The molecule has 20 heavy (non-hydrogen) atoms. The quantitative estimate of drug-likeness (QED) is 0.921. The molecule has 0 heterocycles. The van der Waals surface area contributed by atoms with Crippen LogP contribution < -0.4 is 5.32 Å². The molecule has 0 aliphatic carbocycles. The van der Waals surface area contributed by atoms with Gasteiger partial charge in [0.1, 0.15) is 0 Å². The van der Waals surface area contributed by atoms with Crippen LogP contribution >= 0.6 is 0 Å². The fourth-order valence-electron chi connectivity index (χ4n) is 2.42. The predicted octanol–water partition coefficient (Wildman–Crippen LogP) is 2.92. The lowest BCUT2D eigenvalue weighted by Gasteiger charge is -2.24. The molecule has 0 aliphatic heterocycles. The number of nitrogens with one attached hydrogen (secondary N) is 1. The van der Waals surface area contributed by atoms with Gasteiger partial charge in [-0.3, -0.25) is 0 Å². The van der Waals surface area contributed by atoms with Gasteiger partial charge in [-0.25, -0.2) is 8.42 Å². The first kappa shape index (κ1) is 15.0. The Hall–Kier alpha value is -1.39. The second kappa shape index (κ2) is 5.94. The molecule has 0 aromatic heterocycles. The molecule has 4 heteroatoms. The maximum absolute atomic E-state index is 11.8. The van der Waals surface area contributed by atoms with Crippen molar-refractivity contribution >= 4 is 20.6 Å². The van der Waals surface area contributed by atoms with Gasteiger partial charge < -0.3 is 5.32 Å². The lowest BCUT2D eigenvalue weighted by molar-refractivity contribution is 0.513. The van der Waals surface area contributed by atoms with Crippen LogP contribution in [0.3, 0.4) is 0 Å². The molecule has 2 unspecified atom stereocenters. The smallest absolute Gasteiger partial charge is 0.151 e. The molecule has 0 aliphatic rings. The van der Waals surface area contributed by atoms with Crippen LogP contribution in [0, 0.1) is 0 Å². The van der Waals surface area contributed by atoms with E-state index in [0.717, 1.165) is 17.5 Å². The van der Waals surface area contributed by atoms with Crippen molar-refractivity contribution in [3.63, 3.8) is 0 Å². The van der Waals surface area contributed by atoms with Gasteiger partial charge in [0.05, 0.1) is 5.25 Å². The molecule has 0 amide bonds. The first-order valence-electron chi connectivity index (χ1n) is 6.84. The van der Waals surface area contributed by atoms with Crippen molar-refractivity contribution in [3.8, 4) is 0 Å². The molecule has 0 saturated heterocycles. The summed E-state index contributed by atoms with van der Waals surface area (Å²) in [7, 11) is -3.09. The number of benzene rings is 2. The zero-order valence-corrected chi connectivity index (χ0v) is 12.9. The number of hydrogen-bond donors (Lipinski definition) is 1. The Bertz CT molecular complexity index is 694. The summed E-state index contributed by atoms with van der Waals surface area (Å²) in [6, 6.07) is 14.1. The van der Waals surface area contributed by atoms with Crippen molar-refractivity contribution in [2.24, 2.45) is 0 Å². The fraction of sp³-hybridized carbons (Fsp3) is 0.375. The summed E-state index contributed by atoms with van der Waals surface area (Å²) in [5, 5.41) is 5.13. The van der Waals surface area contributed by atoms with E-state index < -0.39 is 15.1 Å². The van der Waals surface area contributed by atoms with Gasteiger partial charge in [-0.1, -0.05) is 43.3 Å². The van der Waals surface area contributed by atoms with Crippen molar-refractivity contribution in [3.05, 3.63) is 48.0 Å². The van der Waals surface area contributed by atoms with Crippen LogP contribution in [-0.4, -0.2) is 26.5 Å². The number of sulfone groups is 1. The highest BCUT2D eigenvalue weighted by atomic mass is 32.2. The van der Waals surface area contributed by atoms with E-state index >= 15 is 0 Å². The summed E-state index contributed by atoms with van der Waals surface area (Å²) in [6.07, 6.45) is 1.29. The minimum Gasteiger partial charge on any atom is -0.309 e. The van der Waals surface area contributed by atoms with Crippen molar-refractivity contribution in [1.29, 1.82) is 0 Å². The topological polar surface area (TPSA) is 46.2 Å². The van der Waals surface area contributed by atoms with Crippen molar-refractivity contribution in [2.75, 3.05) is 12.8 Å². The lowest BCUT2D eigenvalue weighted by Crippen LogP contribution is -2.34. The molecule has 3 nitrogen and oxygen atoms in total. The van der Waals surface area contributed by atoms with E-state index in [0.29, 0.717) is 0 Å². The molecule has 2 aromatic rings. The summed E-state index contributed by atoms with van der Waals surface area (Å²) in [6.45, 7) is 4.48. The monoisotopic (exact) mass is 291 g/mol.